The minimum Gasteiger partial charge on any atom is -0.475 e. The molecule has 0 bridgehead atoms. The van der Waals surface area contributed by atoms with Crippen LogP contribution in [0.3, 0.4) is 0 Å². The van der Waals surface area contributed by atoms with Crippen LogP contribution in [0.15, 0.2) is 47.0 Å². The molecule has 11 heteroatoms. The van der Waals surface area contributed by atoms with Crippen molar-refractivity contribution in [3.63, 3.8) is 0 Å². The summed E-state index contributed by atoms with van der Waals surface area (Å²) in [5, 5.41) is 10.9. The highest BCUT2D eigenvalue weighted by molar-refractivity contribution is 5.94. The lowest BCUT2D eigenvalue weighted by atomic mass is 10.0. The second-order valence-corrected chi connectivity index (χ2v) is 7.80. The number of amides is 2. The Morgan fingerprint density at radius 2 is 1.94 bits per heavy atom. The first-order chi connectivity index (χ1) is 16.5. The van der Waals surface area contributed by atoms with Crippen LogP contribution in [0.5, 0.6) is 0 Å². The molecule has 3 heterocycles. The number of pyridine rings is 1. The molecule has 0 spiro atoms. The second-order valence-electron chi connectivity index (χ2n) is 7.80. The molecule has 2 amide bonds. The number of carboxylic acid groups (broad SMARTS) is 1. The number of anilines is 1. The molecule has 8 nitrogen and oxygen atoms in total. The molecule has 2 aromatic heterocycles. The molecular formula is C24H22F3N3O5. The van der Waals surface area contributed by atoms with Gasteiger partial charge in [-0.15, -0.1) is 0 Å². The number of nitrogens with one attached hydrogen (secondary N) is 1. The third kappa shape index (κ3) is 6.46. The summed E-state index contributed by atoms with van der Waals surface area (Å²) in [5.74, 6) is -1.49. The summed E-state index contributed by atoms with van der Waals surface area (Å²) in [6.45, 7) is 2.41. The molecule has 35 heavy (non-hydrogen) atoms. The molecule has 1 aliphatic heterocycles. The fourth-order valence-corrected chi connectivity index (χ4v) is 3.33. The summed E-state index contributed by atoms with van der Waals surface area (Å²) in [5.41, 5.74) is 3.70. The minimum atomic E-state index is -5.08. The third-order valence-electron chi connectivity index (χ3n) is 5.23. The maximum Gasteiger partial charge on any atom is 0.490 e. The van der Waals surface area contributed by atoms with Gasteiger partial charge in [-0.25, -0.2) is 9.78 Å². The van der Waals surface area contributed by atoms with Gasteiger partial charge in [-0.1, -0.05) is 18.2 Å². The number of aromatic nitrogens is 1. The molecule has 0 unspecified atom stereocenters. The molecule has 2 N–H and O–H groups in total. The molecule has 0 saturated heterocycles. The first-order valence-corrected chi connectivity index (χ1v) is 10.4. The highest BCUT2D eigenvalue weighted by Gasteiger charge is 2.38. The number of hydrogen-bond donors (Lipinski definition) is 2. The number of alkyl halides is 3. The van der Waals surface area contributed by atoms with E-state index in [9.17, 15) is 22.8 Å². The fraction of sp³-hybridized carbons (Fsp3) is 0.250. The normalized spacial score (nSPS) is 13.1. The summed E-state index contributed by atoms with van der Waals surface area (Å²) in [7, 11) is 1.75. The van der Waals surface area contributed by atoms with Crippen molar-refractivity contribution < 1.29 is 37.1 Å². The van der Waals surface area contributed by atoms with Crippen molar-refractivity contribution >= 4 is 40.6 Å². The van der Waals surface area contributed by atoms with Crippen LogP contribution < -0.4 is 5.32 Å². The molecule has 0 aliphatic carbocycles. The van der Waals surface area contributed by atoms with Gasteiger partial charge in [0.05, 0.1) is 6.54 Å². The third-order valence-corrected chi connectivity index (χ3v) is 5.23. The average Bonchev–Trinajstić information content (AvgIpc) is 3.12. The Morgan fingerprint density at radius 3 is 2.60 bits per heavy atom. The molecule has 0 atom stereocenters. The molecule has 0 radical (unpaired) electrons. The van der Waals surface area contributed by atoms with Gasteiger partial charge in [0.15, 0.2) is 0 Å². The largest absolute Gasteiger partial charge is 0.490 e. The van der Waals surface area contributed by atoms with E-state index in [1.165, 1.54) is 6.08 Å². The Kier molecular flexibility index (Phi) is 7.58. The Bertz CT molecular complexity index is 1300. The van der Waals surface area contributed by atoms with Crippen molar-refractivity contribution in [3.05, 3.63) is 65.1 Å². The lowest BCUT2D eigenvalue weighted by Gasteiger charge is -2.16. The van der Waals surface area contributed by atoms with Crippen LogP contribution in [0, 0.1) is 6.92 Å². The monoisotopic (exact) mass is 489 g/mol. The van der Waals surface area contributed by atoms with E-state index in [2.05, 4.69) is 10.3 Å². The smallest absolute Gasteiger partial charge is 0.475 e. The summed E-state index contributed by atoms with van der Waals surface area (Å²) in [4.78, 5) is 38.7. The lowest BCUT2D eigenvalue weighted by Crippen LogP contribution is -2.24. The van der Waals surface area contributed by atoms with E-state index in [-0.39, 0.29) is 11.8 Å². The van der Waals surface area contributed by atoms with E-state index >= 15 is 0 Å². The number of carbonyl (C=O) groups is 3. The maximum absolute atomic E-state index is 12.5. The molecule has 4 rings (SSSR count). The highest BCUT2D eigenvalue weighted by Crippen LogP contribution is 2.26. The van der Waals surface area contributed by atoms with Gasteiger partial charge in [0.25, 0.3) is 0 Å². The zero-order valence-corrected chi connectivity index (χ0v) is 18.8. The van der Waals surface area contributed by atoms with Gasteiger partial charge in [-0.05, 0) is 42.7 Å². The van der Waals surface area contributed by atoms with Gasteiger partial charge in [-0.3, -0.25) is 9.59 Å². The van der Waals surface area contributed by atoms with Gasteiger partial charge in [0.1, 0.15) is 17.2 Å². The van der Waals surface area contributed by atoms with Crippen LogP contribution >= 0.6 is 0 Å². The number of para-hydroxylation sites is 1. The van der Waals surface area contributed by atoms with Crippen molar-refractivity contribution in [2.75, 3.05) is 12.4 Å². The summed E-state index contributed by atoms with van der Waals surface area (Å²) in [6, 6.07) is 9.81. The molecule has 1 aromatic carbocycles. The number of aryl methyl sites for hydroxylation is 2. The Morgan fingerprint density at radius 1 is 1.26 bits per heavy atom. The number of fused-ring (bicyclic) bond motifs is 2. The zero-order valence-electron chi connectivity index (χ0n) is 18.8. The summed E-state index contributed by atoms with van der Waals surface area (Å²) in [6.07, 6.45) is 0.962. The minimum absolute atomic E-state index is 0.0130. The zero-order chi connectivity index (χ0) is 25.8. The van der Waals surface area contributed by atoms with Gasteiger partial charge in [0, 0.05) is 36.7 Å². The average molecular weight is 489 g/mol. The maximum atomic E-state index is 12.5. The molecule has 0 fully saturated rings. The number of carboxylic acids is 1. The number of rotatable bonds is 4. The van der Waals surface area contributed by atoms with Crippen LogP contribution in [0.4, 0.5) is 19.0 Å². The Balaban J connectivity index is 0.000000429. The summed E-state index contributed by atoms with van der Waals surface area (Å²) >= 11 is 0. The van der Waals surface area contributed by atoms with Crippen LogP contribution in [0.2, 0.25) is 0 Å². The molecule has 3 aromatic rings. The first-order valence-electron chi connectivity index (χ1n) is 10.4. The van der Waals surface area contributed by atoms with E-state index in [1.807, 2.05) is 37.3 Å². The topological polar surface area (TPSA) is 113 Å². The van der Waals surface area contributed by atoms with E-state index in [4.69, 9.17) is 14.3 Å². The van der Waals surface area contributed by atoms with Crippen molar-refractivity contribution in [2.45, 2.75) is 32.5 Å². The summed E-state index contributed by atoms with van der Waals surface area (Å²) < 4.78 is 37.6. The standard InChI is InChI=1S/C22H21N3O3.C2HF3O2/c1-14-17-5-3-4-6-18(17)28-19(14)13-25(2)21(27)10-7-15-11-16-8-9-20(26)24-22(16)23-12-15;3-2(4,5)1(6)7/h3-7,10-12H,8-9,13H2,1-2H3,(H,23,24,26);(H,6,7). The van der Waals surface area contributed by atoms with Crippen molar-refractivity contribution in [1.29, 1.82) is 0 Å². The molecule has 184 valence electrons. The van der Waals surface area contributed by atoms with Crippen molar-refractivity contribution in [1.82, 2.24) is 9.88 Å². The van der Waals surface area contributed by atoms with Gasteiger partial charge >= 0.3 is 12.1 Å². The predicted molar refractivity (Wildman–Crippen MR) is 121 cm³/mol. The molecule has 1 aliphatic rings. The number of hydrogen-bond acceptors (Lipinski definition) is 5. The van der Waals surface area contributed by atoms with Gasteiger partial charge < -0.3 is 19.7 Å². The highest BCUT2D eigenvalue weighted by atomic mass is 19.4. The quantitative estimate of drug-likeness (QED) is 0.528. The number of likely N-dealkylation sites (N-methyl/N-ethyl adjacent to an activating group) is 1. The van der Waals surface area contributed by atoms with E-state index < -0.39 is 12.1 Å². The van der Waals surface area contributed by atoms with Crippen LogP contribution in [0.25, 0.3) is 17.0 Å². The predicted octanol–water partition coefficient (Wildman–Crippen LogP) is 4.33. The van der Waals surface area contributed by atoms with Crippen LogP contribution in [-0.4, -0.2) is 46.0 Å². The van der Waals surface area contributed by atoms with E-state index in [1.54, 1.807) is 24.2 Å². The Labute approximate surface area is 198 Å². The fourth-order valence-electron chi connectivity index (χ4n) is 3.33. The Hall–Kier alpha value is -4.15. The number of nitrogens with zero attached hydrogens (tertiary/aromatic N) is 2. The van der Waals surface area contributed by atoms with Gasteiger partial charge in [0.2, 0.25) is 11.8 Å². The van der Waals surface area contributed by atoms with Gasteiger partial charge in [-0.2, -0.15) is 13.2 Å². The van der Waals surface area contributed by atoms with Crippen molar-refractivity contribution in [3.8, 4) is 0 Å². The van der Waals surface area contributed by atoms with Crippen LogP contribution in [0.1, 0.15) is 28.9 Å². The number of aliphatic carboxylic acids is 1. The number of carbonyl (C=O) groups excluding carboxylic acids is 2. The number of furan rings is 1. The lowest BCUT2D eigenvalue weighted by molar-refractivity contribution is -0.192. The molecular weight excluding hydrogens is 467 g/mol. The second kappa shape index (κ2) is 10.4. The van der Waals surface area contributed by atoms with Crippen LogP contribution in [-0.2, 0) is 27.3 Å². The number of halogens is 3. The number of benzene rings is 1. The van der Waals surface area contributed by atoms with Crippen molar-refractivity contribution in [2.24, 2.45) is 0 Å². The SMILES string of the molecule is Cc1c(CN(C)C(=O)C=Cc2cnc3c(c2)CCC(=O)N3)oc2ccccc12.O=C(O)C(F)(F)F. The molecule has 0 saturated carbocycles. The van der Waals surface area contributed by atoms with E-state index in [0.29, 0.717) is 25.2 Å². The van der Waals surface area contributed by atoms with E-state index in [0.717, 1.165) is 33.4 Å². The first kappa shape index (κ1) is 25.5.